The quantitative estimate of drug-likeness (QED) is 0.596. The Morgan fingerprint density at radius 1 is 0.969 bits per heavy atom. The van der Waals surface area contributed by atoms with Gasteiger partial charge in [-0.15, -0.1) is 5.10 Å². The summed E-state index contributed by atoms with van der Waals surface area (Å²) in [6.45, 7) is 5.01. The van der Waals surface area contributed by atoms with Gasteiger partial charge in [-0.1, -0.05) is 42.5 Å². The summed E-state index contributed by atoms with van der Waals surface area (Å²) in [6, 6.07) is 16.5. The van der Waals surface area contributed by atoms with Gasteiger partial charge in [-0.25, -0.2) is 4.68 Å². The molecule has 3 aromatic rings. The van der Waals surface area contributed by atoms with E-state index in [0.29, 0.717) is 39.1 Å². The topological polar surface area (TPSA) is 76.4 Å². The average Bonchev–Trinajstić information content (AvgIpc) is 3.13. The fourth-order valence-corrected chi connectivity index (χ4v) is 4.48. The molecular formula is C24H28N6O2. The number of rotatable bonds is 6. The van der Waals surface area contributed by atoms with Gasteiger partial charge in [-0.2, -0.15) is 0 Å². The van der Waals surface area contributed by atoms with E-state index < -0.39 is 0 Å². The van der Waals surface area contributed by atoms with Gasteiger partial charge in [0.05, 0.1) is 13.1 Å². The molecule has 1 amide bonds. The van der Waals surface area contributed by atoms with Crippen LogP contribution in [0.4, 0.5) is 0 Å². The average molecular weight is 433 g/mol. The second-order valence-electron chi connectivity index (χ2n) is 8.42. The van der Waals surface area contributed by atoms with E-state index in [0.717, 1.165) is 43.2 Å². The van der Waals surface area contributed by atoms with Gasteiger partial charge < -0.3 is 9.64 Å². The SMILES string of the molecule is O=C(CCCn1nnnc1CN1CCc2ccccc2C1)N1CCOc2ccccc2C1. The van der Waals surface area contributed by atoms with E-state index in [4.69, 9.17) is 4.74 Å². The van der Waals surface area contributed by atoms with Gasteiger partial charge in [0.2, 0.25) is 5.91 Å². The van der Waals surface area contributed by atoms with E-state index in [1.807, 2.05) is 33.8 Å². The van der Waals surface area contributed by atoms with Gasteiger partial charge in [0.25, 0.3) is 0 Å². The molecule has 2 aromatic carbocycles. The number of carbonyl (C=O) groups is 1. The molecule has 2 aliphatic rings. The van der Waals surface area contributed by atoms with Gasteiger partial charge in [0.15, 0.2) is 5.82 Å². The Bertz CT molecular complexity index is 1080. The predicted molar refractivity (Wildman–Crippen MR) is 119 cm³/mol. The van der Waals surface area contributed by atoms with Gasteiger partial charge >= 0.3 is 0 Å². The second-order valence-corrected chi connectivity index (χ2v) is 8.42. The number of amides is 1. The molecule has 8 heteroatoms. The molecule has 0 aliphatic carbocycles. The van der Waals surface area contributed by atoms with Crippen LogP contribution >= 0.6 is 0 Å². The molecule has 2 aliphatic heterocycles. The van der Waals surface area contributed by atoms with E-state index in [1.54, 1.807) is 0 Å². The van der Waals surface area contributed by atoms with Crippen molar-refractivity contribution in [1.82, 2.24) is 30.0 Å². The highest BCUT2D eigenvalue weighted by Crippen LogP contribution is 2.23. The van der Waals surface area contributed by atoms with Crippen LogP contribution in [0.5, 0.6) is 5.75 Å². The van der Waals surface area contributed by atoms with Crippen molar-refractivity contribution < 1.29 is 9.53 Å². The number of ether oxygens (including phenoxy) is 1. The zero-order chi connectivity index (χ0) is 21.8. The first-order valence-electron chi connectivity index (χ1n) is 11.3. The molecule has 0 fully saturated rings. The van der Waals surface area contributed by atoms with E-state index in [-0.39, 0.29) is 5.91 Å². The number of tetrazole rings is 1. The molecule has 0 spiro atoms. The zero-order valence-electron chi connectivity index (χ0n) is 18.2. The standard InChI is InChI=1S/C24H28N6O2/c31-24(29-14-15-32-22-9-4-3-8-21(22)17-29)10-5-12-30-23(25-26-27-30)18-28-13-11-19-6-1-2-7-20(19)16-28/h1-4,6-9H,5,10-18H2. The fourth-order valence-electron chi connectivity index (χ4n) is 4.48. The third kappa shape index (κ3) is 4.65. The van der Waals surface area contributed by atoms with E-state index in [1.165, 1.54) is 11.1 Å². The lowest BCUT2D eigenvalue weighted by molar-refractivity contribution is -0.132. The fraction of sp³-hybridized carbons (Fsp3) is 0.417. The smallest absolute Gasteiger partial charge is 0.223 e. The van der Waals surface area contributed by atoms with Gasteiger partial charge in [0.1, 0.15) is 12.4 Å². The number of hydrogen-bond donors (Lipinski definition) is 0. The first kappa shape index (κ1) is 20.6. The predicted octanol–water partition coefficient (Wildman–Crippen LogP) is 2.43. The van der Waals surface area contributed by atoms with Crippen LogP contribution in [-0.2, 0) is 37.4 Å². The van der Waals surface area contributed by atoms with Crippen LogP contribution in [0, 0.1) is 0 Å². The number of fused-ring (bicyclic) bond motifs is 2. The van der Waals surface area contributed by atoms with Gasteiger partial charge in [0, 0.05) is 38.2 Å². The number of hydrogen-bond acceptors (Lipinski definition) is 6. The second kappa shape index (κ2) is 9.48. The van der Waals surface area contributed by atoms with Crippen LogP contribution in [0.2, 0.25) is 0 Å². The van der Waals surface area contributed by atoms with E-state index in [2.05, 4.69) is 44.7 Å². The maximum atomic E-state index is 12.8. The van der Waals surface area contributed by atoms with Crippen molar-refractivity contribution in [3.8, 4) is 5.75 Å². The summed E-state index contributed by atoms with van der Waals surface area (Å²) in [5, 5.41) is 12.3. The van der Waals surface area contributed by atoms with Crippen molar-refractivity contribution in [3.63, 3.8) is 0 Å². The number of para-hydroxylation sites is 1. The zero-order valence-corrected chi connectivity index (χ0v) is 18.2. The van der Waals surface area contributed by atoms with Crippen LogP contribution in [-0.4, -0.2) is 55.6 Å². The molecule has 166 valence electrons. The Morgan fingerprint density at radius 3 is 2.69 bits per heavy atom. The molecule has 0 unspecified atom stereocenters. The number of aryl methyl sites for hydroxylation is 1. The van der Waals surface area contributed by atoms with Crippen molar-refractivity contribution in [2.75, 3.05) is 19.7 Å². The minimum Gasteiger partial charge on any atom is -0.491 e. The molecule has 5 rings (SSSR count). The van der Waals surface area contributed by atoms with Crippen molar-refractivity contribution in [2.24, 2.45) is 0 Å². The van der Waals surface area contributed by atoms with Crippen molar-refractivity contribution >= 4 is 5.91 Å². The summed E-state index contributed by atoms with van der Waals surface area (Å²) in [5.41, 5.74) is 3.87. The normalized spacial score (nSPS) is 16.1. The lowest BCUT2D eigenvalue weighted by atomic mass is 10.00. The summed E-state index contributed by atoms with van der Waals surface area (Å²) in [7, 11) is 0. The van der Waals surface area contributed by atoms with Crippen LogP contribution < -0.4 is 4.74 Å². The molecule has 0 saturated heterocycles. The van der Waals surface area contributed by atoms with Crippen molar-refractivity contribution in [3.05, 3.63) is 71.0 Å². The first-order valence-corrected chi connectivity index (χ1v) is 11.3. The Balaban J connectivity index is 1.13. The Morgan fingerprint density at radius 2 is 1.78 bits per heavy atom. The monoisotopic (exact) mass is 432 g/mol. The Labute approximate surface area is 187 Å². The Kier molecular flexibility index (Phi) is 6.11. The highest BCUT2D eigenvalue weighted by molar-refractivity contribution is 5.76. The molecule has 0 radical (unpaired) electrons. The summed E-state index contributed by atoms with van der Waals surface area (Å²) in [4.78, 5) is 17.1. The lowest BCUT2D eigenvalue weighted by Gasteiger charge is -2.28. The highest BCUT2D eigenvalue weighted by Gasteiger charge is 2.21. The largest absolute Gasteiger partial charge is 0.491 e. The molecule has 0 atom stereocenters. The maximum absolute atomic E-state index is 12.8. The van der Waals surface area contributed by atoms with E-state index in [9.17, 15) is 4.79 Å². The number of aromatic nitrogens is 4. The minimum atomic E-state index is 0.146. The van der Waals surface area contributed by atoms with Gasteiger partial charge in [-0.05, 0) is 40.5 Å². The summed E-state index contributed by atoms with van der Waals surface area (Å²) in [6.07, 6.45) is 2.23. The molecule has 1 aromatic heterocycles. The molecule has 8 nitrogen and oxygen atoms in total. The van der Waals surface area contributed by atoms with E-state index >= 15 is 0 Å². The first-order chi connectivity index (χ1) is 15.8. The lowest BCUT2D eigenvalue weighted by Crippen LogP contribution is -2.32. The molecule has 3 heterocycles. The molecular weight excluding hydrogens is 404 g/mol. The summed E-state index contributed by atoms with van der Waals surface area (Å²) < 4.78 is 7.61. The number of carbonyl (C=O) groups excluding carboxylic acids is 1. The maximum Gasteiger partial charge on any atom is 0.223 e. The van der Waals surface area contributed by atoms with Crippen LogP contribution in [0.25, 0.3) is 0 Å². The molecule has 0 saturated carbocycles. The Hall–Kier alpha value is -3.26. The minimum absolute atomic E-state index is 0.146. The number of nitrogens with zero attached hydrogens (tertiary/aromatic N) is 6. The summed E-state index contributed by atoms with van der Waals surface area (Å²) in [5.74, 6) is 1.88. The van der Waals surface area contributed by atoms with Crippen LogP contribution in [0.1, 0.15) is 35.4 Å². The third-order valence-electron chi connectivity index (χ3n) is 6.25. The van der Waals surface area contributed by atoms with Gasteiger partial charge in [-0.3, -0.25) is 9.69 Å². The number of benzene rings is 2. The third-order valence-corrected chi connectivity index (χ3v) is 6.25. The summed E-state index contributed by atoms with van der Waals surface area (Å²) >= 11 is 0. The molecule has 0 N–H and O–H groups in total. The van der Waals surface area contributed by atoms with Crippen LogP contribution in [0.15, 0.2) is 48.5 Å². The molecule has 0 bridgehead atoms. The van der Waals surface area contributed by atoms with Crippen LogP contribution in [0.3, 0.4) is 0 Å². The van der Waals surface area contributed by atoms with Crippen molar-refractivity contribution in [2.45, 2.75) is 45.4 Å². The highest BCUT2D eigenvalue weighted by atomic mass is 16.5. The molecule has 32 heavy (non-hydrogen) atoms. The van der Waals surface area contributed by atoms with Crippen molar-refractivity contribution in [1.29, 1.82) is 0 Å².